The summed E-state index contributed by atoms with van der Waals surface area (Å²) >= 11 is 1.81. The fraction of sp³-hybridized carbons (Fsp3) is 0.458. The molecule has 3 unspecified atom stereocenters. The molecule has 1 saturated heterocycles. The minimum Gasteiger partial charge on any atom is -0.473 e. The van der Waals surface area contributed by atoms with Gasteiger partial charge in [-0.15, -0.1) is 11.3 Å². The van der Waals surface area contributed by atoms with Crippen molar-refractivity contribution in [2.24, 2.45) is 0 Å². The number of hydrogen-bond donors (Lipinski definition) is 3. The number of ether oxygens (including phenoxy) is 1. The lowest BCUT2D eigenvalue weighted by Crippen LogP contribution is -2.59. The number of thiophene rings is 1. The second-order valence-corrected chi connectivity index (χ2v) is 9.08. The number of nitrogens with zero attached hydrogens (tertiary/aromatic N) is 1. The summed E-state index contributed by atoms with van der Waals surface area (Å²) < 4.78 is 6.00. The summed E-state index contributed by atoms with van der Waals surface area (Å²) in [6.07, 6.45) is 1.48. The molecule has 0 radical (unpaired) electrons. The van der Waals surface area contributed by atoms with Crippen LogP contribution in [0.1, 0.15) is 54.9 Å². The number of carbonyl (C=O) groups is 3. The van der Waals surface area contributed by atoms with Gasteiger partial charge in [0.2, 0.25) is 0 Å². The first-order valence-corrected chi connectivity index (χ1v) is 11.7. The smallest absolute Gasteiger partial charge is 0.414 e. The fourth-order valence-electron chi connectivity index (χ4n) is 3.89. The third-order valence-corrected chi connectivity index (χ3v) is 7.03. The number of anilines is 1. The predicted molar refractivity (Wildman–Crippen MR) is 128 cm³/mol. The average molecular weight is 477 g/mol. The van der Waals surface area contributed by atoms with E-state index in [2.05, 4.69) is 41.6 Å². The maximum atomic E-state index is 12.3. The lowest BCUT2D eigenvalue weighted by atomic mass is 9.87. The Bertz CT molecular complexity index is 936. The Labute approximate surface area is 198 Å². The van der Waals surface area contributed by atoms with Gasteiger partial charge in [-0.3, -0.25) is 9.69 Å². The molecule has 0 spiro atoms. The number of ketones is 1. The maximum absolute atomic E-state index is 12.3. The standard InChI is InChI=1S/C22H30N2O2S.C2H2O4/c1-5-19(25)17-9-6-7-10-18(17)23-21-12-13-24(15-22(21,3)26-4)16(2)20-11-8-14-27-20;3-1(4)2(5)6/h6-11,14,16,21,23H,5,12-13,15H2,1-4H3;(H,3,4)(H,5,6). The number of carbonyl (C=O) groups excluding carboxylic acids is 1. The molecule has 3 N–H and O–H groups in total. The van der Waals surface area contributed by atoms with Gasteiger partial charge in [0.15, 0.2) is 5.78 Å². The summed E-state index contributed by atoms with van der Waals surface area (Å²) in [5, 5.41) is 20.5. The number of carboxylic acids is 2. The van der Waals surface area contributed by atoms with Crippen molar-refractivity contribution >= 4 is 34.7 Å². The molecule has 0 aliphatic carbocycles. The molecule has 0 bridgehead atoms. The number of likely N-dealkylation sites (tertiary alicyclic amines) is 1. The number of benzene rings is 1. The van der Waals surface area contributed by atoms with Crippen molar-refractivity contribution in [2.75, 3.05) is 25.5 Å². The molecule has 3 atom stereocenters. The summed E-state index contributed by atoms with van der Waals surface area (Å²) in [4.78, 5) is 34.4. The normalized spacial score (nSPS) is 21.4. The quantitative estimate of drug-likeness (QED) is 0.403. The monoisotopic (exact) mass is 476 g/mol. The number of piperidine rings is 1. The van der Waals surface area contributed by atoms with E-state index in [-0.39, 0.29) is 17.4 Å². The number of Topliss-reactive ketones (excluding diaryl/α,β-unsaturated/α-hetero) is 1. The SMILES string of the molecule is CCC(=O)c1ccccc1NC1CCN(C(C)c2cccs2)CC1(C)OC.O=C(O)C(=O)O. The van der Waals surface area contributed by atoms with Gasteiger partial charge in [-0.25, -0.2) is 9.59 Å². The highest BCUT2D eigenvalue weighted by Gasteiger charge is 2.41. The Kier molecular flexibility index (Phi) is 9.57. The van der Waals surface area contributed by atoms with E-state index in [9.17, 15) is 4.79 Å². The van der Waals surface area contributed by atoms with Crippen molar-refractivity contribution in [3.05, 3.63) is 52.2 Å². The Morgan fingerprint density at radius 1 is 1.21 bits per heavy atom. The van der Waals surface area contributed by atoms with Gasteiger partial charge in [-0.2, -0.15) is 0 Å². The Hall–Kier alpha value is -2.75. The van der Waals surface area contributed by atoms with Crippen LogP contribution in [0.25, 0.3) is 0 Å². The van der Waals surface area contributed by atoms with Gasteiger partial charge in [0.1, 0.15) is 0 Å². The first-order valence-electron chi connectivity index (χ1n) is 10.8. The van der Waals surface area contributed by atoms with Crippen molar-refractivity contribution < 1.29 is 29.3 Å². The van der Waals surface area contributed by atoms with Gasteiger partial charge >= 0.3 is 11.9 Å². The van der Waals surface area contributed by atoms with Gasteiger partial charge in [-0.1, -0.05) is 25.1 Å². The number of carboxylic acid groups (broad SMARTS) is 2. The van der Waals surface area contributed by atoms with E-state index in [0.29, 0.717) is 12.5 Å². The number of nitrogens with one attached hydrogen (secondary N) is 1. The zero-order chi connectivity index (χ0) is 24.6. The second kappa shape index (κ2) is 11.9. The van der Waals surface area contributed by atoms with Crippen LogP contribution in [-0.2, 0) is 14.3 Å². The molecule has 180 valence electrons. The number of hydrogen-bond acceptors (Lipinski definition) is 7. The highest BCUT2D eigenvalue weighted by atomic mass is 32.1. The van der Waals surface area contributed by atoms with Crippen molar-refractivity contribution in [3.8, 4) is 0 Å². The Morgan fingerprint density at radius 2 is 1.88 bits per heavy atom. The molecule has 0 amide bonds. The number of para-hydroxylation sites is 1. The van der Waals surface area contributed by atoms with Gasteiger partial charge in [0.25, 0.3) is 0 Å². The topological polar surface area (TPSA) is 116 Å². The summed E-state index contributed by atoms with van der Waals surface area (Å²) in [6, 6.07) is 12.7. The van der Waals surface area contributed by atoms with Crippen LogP contribution in [0.15, 0.2) is 41.8 Å². The molecule has 0 saturated carbocycles. The molecule has 3 rings (SSSR count). The molecule has 33 heavy (non-hydrogen) atoms. The van der Waals surface area contributed by atoms with Crippen LogP contribution in [0, 0.1) is 0 Å². The first-order chi connectivity index (χ1) is 15.6. The molecular formula is C24H32N2O6S. The molecule has 8 nitrogen and oxygen atoms in total. The Balaban J connectivity index is 0.000000569. The minimum absolute atomic E-state index is 0.153. The van der Waals surface area contributed by atoms with E-state index in [1.54, 1.807) is 7.11 Å². The lowest BCUT2D eigenvalue weighted by Gasteiger charge is -2.47. The molecule has 9 heteroatoms. The van der Waals surface area contributed by atoms with Crippen LogP contribution in [0.3, 0.4) is 0 Å². The molecule has 1 aromatic heterocycles. The van der Waals surface area contributed by atoms with Crippen LogP contribution < -0.4 is 5.32 Å². The summed E-state index contributed by atoms with van der Waals surface area (Å²) in [7, 11) is 1.79. The van der Waals surface area contributed by atoms with Crippen molar-refractivity contribution in [1.29, 1.82) is 0 Å². The molecule has 1 aromatic carbocycles. The zero-order valence-corrected chi connectivity index (χ0v) is 20.2. The molecule has 1 aliphatic rings. The molecule has 1 aliphatic heterocycles. The van der Waals surface area contributed by atoms with E-state index in [4.69, 9.17) is 24.5 Å². The van der Waals surface area contributed by atoms with E-state index in [1.807, 2.05) is 42.5 Å². The number of aliphatic carboxylic acids is 2. The van der Waals surface area contributed by atoms with Crippen molar-refractivity contribution in [1.82, 2.24) is 4.90 Å². The molecule has 2 heterocycles. The van der Waals surface area contributed by atoms with E-state index in [1.165, 1.54) is 4.88 Å². The first kappa shape index (κ1) is 26.5. The van der Waals surface area contributed by atoms with Gasteiger partial charge < -0.3 is 20.3 Å². The van der Waals surface area contributed by atoms with Crippen molar-refractivity contribution in [2.45, 2.75) is 51.3 Å². The van der Waals surface area contributed by atoms with E-state index >= 15 is 0 Å². The third-order valence-electron chi connectivity index (χ3n) is 5.99. The zero-order valence-electron chi connectivity index (χ0n) is 19.4. The third kappa shape index (κ3) is 6.86. The van der Waals surface area contributed by atoms with E-state index in [0.717, 1.165) is 30.8 Å². The van der Waals surface area contributed by atoms with Crippen LogP contribution in [-0.4, -0.2) is 64.7 Å². The molecule has 2 aromatic rings. The predicted octanol–water partition coefficient (Wildman–Crippen LogP) is 4.15. The highest BCUT2D eigenvalue weighted by Crippen LogP contribution is 2.34. The van der Waals surface area contributed by atoms with Gasteiger partial charge in [-0.05, 0) is 43.8 Å². The average Bonchev–Trinajstić information content (AvgIpc) is 3.35. The summed E-state index contributed by atoms with van der Waals surface area (Å²) in [6.45, 7) is 8.19. The fourth-order valence-corrected chi connectivity index (χ4v) is 4.71. The van der Waals surface area contributed by atoms with Crippen LogP contribution in [0.4, 0.5) is 5.69 Å². The minimum atomic E-state index is -1.82. The van der Waals surface area contributed by atoms with E-state index < -0.39 is 11.9 Å². The van der Waals surface area contributed by atoms with Crippen LogP contribution >= 0.6 is 11.3 Å². The second-order valence-electron chi connectivity index (χ2n) is 8.10. The van der Waals surface area contributed by atoms with Gasteiger partial charge in [0, 0.05) is 48.8 Å². The highest BCUT2D eigenvalue weighted by molar-refractivity contribution is 7.10. The lowest BCUT2D eigenvalue weighted by molar-refractivity contribution is -0.159. The van der Waals surface area contributed by atoms with Gasteiger partial charge in [0.05, 0.1) is 11.6 Å². The van der Waals surface area contributed by atoms with Crippen LogP contribution in [0.5, 0.6) is 0 Å². The largest absolute Gasteiger partial charge is 0.473 e. The summed E-state index contributed by atoms with van der Waals surface area (Å²) in [5.74, 6) is -3.48. The molecular weight excluding hydrogens is 444 g/mol. The number of rotatable bonds is 7. The van der Waals surface area contributed by atoms with Crippen molar-refractivity contribution in [3.63, 3.8) is 0 Å². The Morgan fingerprint density at radius 3 is 2.42 bits per heavy atom. The summed E-state index contributed by atoms with van der Waals surface area (Å²) in [5.41, 5.74) is 1.36. The number of methoxy groups -OCH3 is 1. The van der Waals surface area contributed by atoms with Crippen LogP contribution in [0.2, 0.25) is 0 Å². The maximum Gasteiger partial charge on any atom is 0.414 e. The molecule has 1 fully saturated rings.